The van der Waals surface area contributed by atoms with Crippen LogP contribution in [0.1, 0.15) is 24.8 Å². The number of hydrogen-bond donors (Lipinski definition) is 0. The molecule has 1 aromatic carbocycles. The highest BCUT2D eigenvalue weighted by Gasteiger charge is 2.28. The first-order valence-corrected chi connectivity index (χ1v) is 7.78. The molecule has 0 fully saturated rings. The van der Waals surface area contributed by atoms with E-state index in [2.05, 4.69) is 52.9 Å². The van der Waals surface area contributed by atoms with Crippen LogP contribution in [0.2, 0.25) is 0 Å². The Balaban J connectivity index is 2.28. The molecule has 0 aliphatic carbocycles. The lowest BCUT2D eigenvalue weighted by molar-refractivity contribution is 0.458. The van der Waals surface area contributed by atoms with Gasteiger partial charge in [0, 0.05) is 20.1 Å². The van der Waals surface area contributed by atoms with Crippen molar-refractivity contribution >= 4 is 34.3 Å². The number of thiocarbonyl (C=S) groups is 1. The summed E-state index contributed by atoms with van der Waals surface area (Å²) in [6.45, 7) is 6.20. The van der Waals surface area contributed by atoms with Crippen molar-refractivity contribution in [1.82, 2.24) is 9.80 Å². The first-order chi connectivity index (χ1) is 9.17. The molecule has 1 aliphatic heterocycles. The van der Waals surface area contributed by atoms with Crippen molar-refractivity contribution in [2.24, 2.45) is 4.99 Å². The number of rotatable bonds is 3. The first-order valence-electron chi connectivity index (χ1n) is 6.49. The van der Waals surface area contributed by atoms with Crippen molar-refractivity contribution in [3.05, 3.63) is 35.9 Å². The smallest absolute Gasteiger partial charge is 0.198 e. The largest absolute Gasteiger partial charge is 0.352 e. The van der Waals surface area contributed by atoms with Gasteiger partial charge in [-0.05, 0) is 31.6 Å². The highest BCUT2D eigenvalue weighted by Crippen LogP contribution is 2.37. The average molecular weight is 293 g/mol. The van der Waals surface area contributed by atoms with Crippen LogP contribution in [0.25, 0.3) is 0 Å². The molecule has 19 heavy (non-hydrogen) atoms. The summed E-state index contributed by atoms with van der Waals surface area (Å²) in [6, 6.07) is 10.4. The fourth-order valence-corrected chi connectivity index (χ4v) is 3.63. The van der Waals surface area contributed by atoms with E-state index in [1.807, 2.05) is 13.1 Å². The van der Waals surface area contributed by atoms with E-state index in [1.165, 1.54) is 5.56 Å². The molecule has 0 aromatic heterocycles. The van der Waals surface area contributed by atoms with Gasteiger partial charge in [-0.25, -0.2) is 0 Å². The Morgan fingerprint density at radius 1 is 1.26 bits per heavy atom. The van der Waals surface area contributed by atoms with E-state index < -0.39 is 0 Å². The third-order valence-corrected chi connectivity index (χ3v) is 4.93. The molecule has 1 atom stereocenters. The van der Waals surface area contributed by atoms with E-state index in [-0.39, 0.29) is 5.37 Å². The summed E-state index contributed by atoms with van der Waals surface area (Å²) >= 11 is 7.16. The van der Waals surface area contributed by atoms with E-state index in [0.29, 0.717) is 5.11 Å². The number of amidine groups is 1. The van der Waals surface area contributed by atoms with Gasteiger partial charge in [0.15, 0.2) is 10.3 Å². The highest BCUT2D eigenvalue weighted by atomic mass is 32.2. The topological polar surface area (TPSA) is 18.8 Å². The molecule has 2 rings (SSSR count). The van der Waals surface area contributed by atoms with E-state index in [4.69, 9.17) is 12.2 Å². The van der Waals surface area contributed by atoms with Crippen LogP contribution in [-0.4, -0.2) is 40.2 Å². The number of nitrogens with zero attached hydrogens (tertiary/aromatic N) is 3. The lowest BCUT2D eigenvalue weighted by atomic mass is 10.2. The monoisotopic (exact) mass is 293 g/mol. The SMILES string of the molecule is CCN(CC)C1=NC(=S)N(C)[C@H](c2ccccc2)S1. The molecule has 102 valence electrons. The summed E-state index contributed by atoms with van der Waals surface area (Å²) in [4.78, 5) is 8.85. The molecule has 5 heteroatoms. The van der Waals surface area contributed by atoms with Gasteiger partial charge in [-0.1, -0.05) is 42.1 Å². The maximum absolute atomic E-state index is 5.40. The number of aliphatic imine (C=N–C) groups is 1. The standard InChI is InChI=1S/C14H19N3S2/c1-4-17(5-2)14-15-13(18)16(3)12(19-14)11-9-7-6-8-10-11/h6-10,12H,4-5H2,1-3H3/t12-/m0/s1. The predicted molar refractivity (Wildman–Crippen MR) is 87.5 cm³/mol. The van der Waals surface area contributed by atoms with Crippen LogP contribution < -0.4 is 0 Å². The van der Waals surface area contributed by atoms with E-state index in [9.17, 15) is 0 Å². The van der Waals surface area contributed by atoms with Crippen LogP contribution in [0.3, 0.4) is 0 Å². The molecule has 3 nitrogen and oxygen atoms in total. The molecule has 0 unspecified atom stereocenters. The van der Waals surface area contributed by atoms with Crippen molar-refractivity contribution in [3.8, 4) is 0 Å². The van der Waals surface area contributed by atoms with Gasteiger partial charge in [-0.3, -0.25) is 0 Å². The summed E-state index contributed by atoms with van der Waals surface area (Å²) in [5, 5.41) is 1.90. The van der Waals surface area contributed by atoms with Crippen molar-refractivity contribution in [1.29, 1.82) is 0 Å². The maximum Gasteiger partial charge on any atom is 0.198 e. The summed E-state index contributed by atoms with van der Waals surface area (Å²) in [5.74, 6) is 0. The fraction of sp³-hybridized carbons (Fsp3) is 0.429. The fourth-order valence-electron chi connectivity index (χ4n) is 2.01. The van der Waals surface area contributed by atoms with Gasteiger partial charge in [-0.15, -0.1) is 0 Å². The number of thioether (sulfide) groups is 1. The van der Waals surface area contributed by atoms with Crippen LogP contribution >= 0.6 is 24.0 Å². The Labute approximate surface area is 124 Å². The lowest BCUT2D eigenvalue weighted by Crippen LogP contribution is -2.38. The number of benzene rings is 1. The Kier molecular flexibility index (Phi) is 4.82. The van der Waals surface area contributed by atoms with Gasteiger partial charge in [0.2, 0.25) is 0 Å². The van der Waals surface area contributed by atoms with Crippen LogP contribution in [-0.2, 0) is 0 Å². The van der Waals surface area contributed by atoms with Crippen LogP contribution in [0.5, 0.6) is 0 Å². The molecule has 0 saturated heterocycles. The van der Waals surface area contributed by atoms with Gasteiger partial charge < -0.3 is 9.80 Å². The molecule has 1 heterocycles. The third-order valence-electron chi connectivity index (χ3n) is 3.18. The Hall–Kier alpha value is -1.07. The summed E-state index contributed by atoms with van der Waals surface area (Å²) in [6.07, 6.45) is 0. The molecular formula is C14H19N3S2. The molecular weight excluding hydrogens is 274 g/mol. The van der Waals surface area contributed by atoms with Gasteiger partial charge in [0.25, 0.3) is 0 Å². The van der Waals surface area contributed by atoms with Gasteiger partial charge >= 0.3 is 0 Å². The van der Waals surface area contributed by atoms with Gasteiger partial charge in [0.1, 0.15) is 5.37 Å². The molecule has 0 bridgehead atoms. The van der Waals surface area contributed by atoms with Crippen molar-refractivity contribution < 1.29 is 0 Å². The Morgan fingerprint density at radius 2 is 1.89 bits per heavy atom. The lowest BCUT2D eigenvalue weighted by Gasteiger charge is -2.35. The zero-order chi connectivity index (χ0) is 13.8. The quantitative estimate of drug-likeness (QED) is 0.795. The molecule has 0 radical (unpaired) electrons. The minimum atomic E-state index is 0.210. The van der Waals surface area contributed by atoms with Crippen molar-refractivity contribution in [3.63, 3.8) is 0 Å². The molecule has 0 N–H and O–H groups in total. The zero-order valence-corrected chi connectivity index (χ0v) is 13.2. The van der Waals surface area contributed by atoms with Crippen LogP contribution in [0, 0.1) is 0 Å². The zero-order valence-electron chi connectivity index (χ0n) is 11.5. The molecule has 1 aliphatic rings. The van der Waals surface area contributed by atoms with E-state index in [1.54, 1.807) is 11.8 Å². The molecule has 0 saturated carbocycles. The summed E-state index contributed by atoms with van der Waals surface area (Å²) in [5.41, 5.74) is 1.26. The average Bonchev–Trinajstić information content (AvgIpc) is 2.44. The van der Waals surface area contributed by atoms with E-state index >= 15 is 0 Å². The third kappa shape index (κ3) is 3.09. The Morgan fingerprint density at radius 3 is 2.47 bits per heavy atom. The van der Waals surface area contributed by atoms with Crippen molar-refractivity contribution in [2.45, 2.75) is 19.2 Å². The molecule has 1 aromatic rings. The van der Waals surface area contributed by atoms with Gasteiger partial charge in [-0.2, -0.15) is 4.99 Å². The summed E-state index contributed by atoms with van der Waals surface area (Å²) in [7, 11) is 2.01. The minimum absolute atomic E-state index is 0.210. The molecule has 0 amide bonds. The van der Waals surface area contributed by atoms with Crippen molar-refractivity contribution in [2.75, 3.05) is 20.1 Å². The minimum Gasteiger partial charge on any atom is -0.352 e. The molecule has 0 spiro atoms. The highest BCUT2D eigenvalue weighted by molar-refractivity contribution is 8.14. The van der Waals surface area contributed by atoms with Crippen LogP contribution in [0.15, 0.2) is 35.3 Å². The number of hydrogen-bond acceptors (Lipinski definition) is 3. The van der Waals surface area contributed by atoms with Gasteiger partial charge in [0.05, 0.1) is 0 Å². The second kappa shape index (κ2) is 6.39. The first kappa shape index (κ1) is 14.3. The maximum atomic E-state index is 5.40. The normalized spacial score (nSPS) is 19.3. The Bertz CT molecular complexity index is 469. The second-order valence-electron chi connectivity index (χ2n) is 4.34. The van der Waals surface area contributed by atoms with E-state index in [0.717, 1.165) is 18.3 Å². The van der Waals surface area contributed by atoms with Crippen LogP contribution in [0.4, 0.5) is 0 Å². The second-order valence-corrected chi connectivity index (χ2v) is 5.75. The summed E-state index contributed by atoms with van der Waals surface area (Å²) < 4.78 is 0. The predicted octanol–water partition coefficient (Wildman–Crippen LogP) is 3.35.